The molecule has 20 heavy (non-hydrogen) atoms. The number of carboxylic acid groups (broad SMARTS) is 1. The van der Waals surface area contributed by atoms with E-state index in [1.54, 1.807) is 6.92 Å². The molecule has 1 aliphatic heterocycles. The fourth-order valence-electron chi connectivity index (χ4n) is 2.21. The summed E-state index contributed by atoms with van der Waals surface area (Å²) in [6.45, 7) is 1.95. The van der Waals surface area contributed by atoms with Crippen LogP contribution in [-0.2, 0) is 14.8 Å². The van der Waals surface area contributed by atoms with E-state index in [1.165, 1.54) is 21.7 Å². The highest BCUT2D eigenvalue weighted by Gasteiger charge is 2.42. The second kappa shape index (κ2) is 5.68. The number of piperidine rings is 1. The number of thiophene rings is 1. The van der Waals surface area contributed by atoms with Crippen LogP contribution in [0.3, 0.4) is 0 Å². The summed E-state index contributed by atoms with van der Waals surface area (Å²) in [5.74, 6) is -0.956. The molecular formula is C11H13Br2NO4S2. The van der Waals surface area contributed by atoms with Crippen molar-refractivity contribution in [3.8, 4) is 0 Å². The molecule has 1 aromatic heterocycles. The van der Waals surface area contributed by atoms with Gasteiger partial charge in [-0.05, 0) is 57.7 Å². The van der Waals surface area contributed by atoms with Crippen molar-refractivity contribution in [3.63, 3.8) is 0 Å². The summed E-state index contributed by atoms with van der Waals surface area (Å²) in [4.78, 5) is 11.5. The van der Waals surface area contributed by atoms with Crippen LogP contribution in [0.15, 0.2) is 18.5 Å². The van der Waals surface area contributed by atoms with E-state index < -0.39 is 21.4 Å². The summed E-state index contributed by atoms with van der Waals surface area (Å²) in [6, 6.07) is 1.54. The number of halogens is 2. The van der Waals surface area contributed by atoms with Gasteiger partial charge in [0, 0.05) is 13.1 Å². The van der Waals surface area contributed by atoms with Crippen LogP contribution in [0.2, 0.25) is 0 Å². The van der Waals surface area contributed by atoms with E-state index in [1.807, 2.05) is 0 Å². The molecule has 112 valence electrons. The fourth-order valence-corrected chi connectivity index (χ4v) is 7.58. The zero-order chi connectivity index (χ0) is 15.1. The zero-order valence-electron chi connectivity index (χ0n) is 10.6. The Labute approximate surface area is 138 Å². The van der Waals surface area contributed by atoms with Crippen LogP contribution >= 0.6 is 43.2 Å². The quantitative estimate of drug-likeness (QED) is 0.773. The lowest BCUT2D eigenvalue weighted by Gasteiger charge is -2.36. The minimum atomic E-state index is -3.67. The summed E-state index contributed by atoms with van der Waals surface area (Å²) in [6.07, 6.45) is 1.04. The molecule has 0 aromatic carbocycles. The number of sulfonamides is 1. The van der Waals surface area contributed by atoms with Gasteiger partial charge < -0.3 is 5.11 Å². The van der Waals surface area contributed by atoms with E-state index in [9.17, 15) is 18.3 Å². The largest absolute Gasteiger partial charge is 0.481 e. The summed E-state index contributed by atoms with van der Waals surface area (Å²) < 4.78 is 27.7. The lowest BCUT2D eigenvalue weighted by molar-refractivity contribution is -0.150. The molecule has 0 radical (unpaired) electrons. The molecule has 0 spiro atoms. The number of hydrogen-bond donors (Lipinski definition) is 1. The Balaban J connectivity index is 2.35. The van der Waals surface area contributed by atoms with Gasteiger partial charge in [0.2, 0.25) is 10.0 Å². The predicted molar refractivity (Wildman–Crippen MR) is 83.5 cm³/mol. The summed E-state index contributed by atoms with van der Waals surface area (Å²) in [5, 5.41) is 9.27. The Morgan fingerprint density at radius 1 is 1.50 bits per heavy atom. The number of rotatable bonds is 3. The molecule has 0 saturated carbocycles. The van der Waals surface area contributed by atoms with Crippen LogP contribution in [0.25, 0.3) is 0 Å². The second-order valence-electron chi connectivity index (χ2n) is 5.00. The third-order valence-corrected chi connectivity index (χ3v) is 8.02. The Bertz CT molecular complexity index is 643. The Kier molecular flexibility index (Phi) is 4.66. The first-order chi connectivity index (χ1) is 9.17. The molecule has 5 nitrogen and oxygen atoms in total. The minimum absolute atomic E-state index is 0.00454. The fraction of sp³-hybridized carbons (Fsp3) is 0.545. The van der Waals surface area contributed by atoms with Crippen molar-refractivity contribution >= 4 is 59.2 Å². The van der Waals surface area contributed by atoms with E-state index in [-0.39, 0.29) is 11.4 Å². The van der Waals surface area contributed by atoms with E-state index in [2.05, 4.69) is 31.9 Å². The maximum absolute atomic E-state index is 12.6. The molecule has 2 rings (SSSR count). The first-order valence-corrected chi connectivity index (χ1v) is 9.69. The van der Waals surface area contributed by atoms with E-state index >= 15 is 0 Å². The highest BCUT2D eigenvalue weighted by Crippen LogP contribution is 2.39. The Morgan fingerprint density at radius 2 is 2.15 bits per heavy atom. The third-order valence-electron chi connectivity index (χ3n) is 3.42. The standard InChI is InChI=1S/C11H13Br2NO4S2/c1-11(10(15)16)3-2-4-14(6-11)20(17,18)7-5-8(12)19-9(7)13/h5H,2-4,6H2,1H3,(H,15,16). The summed E-state index contributed by atoms with van der Waals surface area (Å²) in [5.41, 5.74) is -1.02. The molecule has 1 atom stereocenters. The van der Waals surface area contributed by atoms with E-state index in [4.69, 9.17) is 0 Å². The minimum Gasteiger partial charge on any atom is -0.481 e. The second-order valence-corrected chi connectivity index (χ2v) is 10.7. The van der Waals surface area contributed by atoms with Gasteiger partial charge in [0.05, 0.1) is 13.0 Å². The lowest BCUT2D eigenvalue weighted by Crippen LogP contribution is -2.48. The highest BCUT2D eigenvalue weighted by atomic mass is 79.9. The molecule has 1 fully saturated rings. The van der Waals surface area contributed by atoms with Crippen molar-refractivity contribution in [2.45, 2.75) is 24.7 Å². The molecular weight excluding hydrogens is 434 g/mol. The third kappa shape index (κ3) is 2.96. The molecule has 0 bridgehead atoms. The lowest BCUT2D eigenvalue weighted by atomic mass is 9.83. The summed E-state index contributed by atoms with van der Waals surface area (Å²) >= 11 is 7.78. The van der Waals surface area contributed by atoms with Gasteiger partial charge in [0.1, 0.15) is 4.90 Å². The van der Waals surface area contributed by atoms with Crippen molar-refractivity contribution in [1.82, 2.24) is 4.31 Å². The smallest absolute Gasteiger partial charge is 0.310 e. The number of aliphatic carboxylic acids is 1. The molecule has 2 heterocycles. The van der Waals surface area contributed by atoms with Crippen molar-refractivity contribution < 1.29 is 18.3 Å². The number of carbonyl (C=O) groups is 1. The maximum Gasteiger partial charge on any atom is 0.310 e. The maximum atomic E-state index is 12.6. The normalized spacial score (nSPS) is 24.8. The van der Waals surface area contributed by atoms with Crippen LogP contribution in [0, 0.1) is 5.41 Å². The van der Waals surface area contributed by atoms with Crippen molar-refractivity contribution in [2.75, 3.05) is 13.1 Å². The van der Waals surface area contributed by atoms with Gasteiger partial charge in [-0.3, -0.25) is 4.79 Å². The van der Waals surface area contributed by atoms with Gasteiger partial charge in [-0.15, -0.1) is 11.3 Å². The van der Waals surface area contributed by atoms with Gasteiger partial charge in [-0.25, -0.2) is 8.42 Å². The number of hydrogen-bond acceptors (Lipinski definition) is 4. The molecule has 0 amide bonds. The predicted octanol–water partition coefficient (Wildman–Crippen LogP) is 3.15. The monoisotopic (exact) mass is 445 g/mol. The number of carboxylic acids is 1. The first-order valence-electron chi connectivity index (χ1n) is 5.85. The van der Waals surface area contributed by atoms with Crippen LogP contribution in [0.4, 0.5) is 0 Å². The van der Waals surface area contributed by atoms with Gasteiger partial charge in [-0.2, -0.15) is 4.31 Å². The Hall–Kier alpha value is 0.0400. The average Bonchev–Trinajstić information content (AvgIpc) is 2.69. The SMILES string of the molecule is CC1(C(=O)O)CCCN(S(=O)(=O)c2cc(Br)sc2Br)C1. The van der Waals surface area contributed by atoms with Crippen LogP contribution < -0.4 is 0 Å². The van der Waals surface area contributed by atoms with Gasteiger partial charge in [0.15, 0.2) is 0 Å². The Morgan fingerprint density at radius 3 is 2.65 bits per heavy atom. The van der Waals surface area contributed by atoms with Gasteiger partial charge >= 0.3 is 5.97 Å². The first kappa shape index (κ1) is 16.4. The molecule has 1 aliphatic rings. The molecule has 1 aromatic rings. The van der Waals surface area contributed by atoms with Crippen LogP contribution in [0.1, 0.15) is 19.8 Å². The molecule has 1 N–H and O–H groups in total. The molecule has 1 unspecified atom stereocenters. The zero-order valence-corrected chi connectivity index (χ0v) is 15.4. The van der Waals surface area contributed by atoms with Crippen molar-refractivity contribution in [2.24, 2.45) is 5.41 Å². The molecule has 0 aliphatic carbocycles. The van der Waals surface area contributed by atoms with Gasteiger partial charge in [0.25, 0.3) is 0 Å². The average molecular weight is 447 g/mol. The van der Waals surface area contributed by atoms with Crippen molar-refractivity contribution in [3.05, 3.63) is 13.6 Å². The molecule has 1 saturated heterocycles. The highest BCUT2D eigenvalue weighted by molar-refractivity contribution is 9.12. The topological polar surface area (TPSA) is 74.7 Å². The summed E-state index contributed by atoms with van der Waals surface area (Å²) in [7, 11) is -3.67. The van der Waals surface area contributed by atoms with Crippen LogP contribution in [0.5, 0.6) is 0 Å². The molecule has 9 heteroatoms. The van der Waals surface area contributed by atoms with E-state index in [0.29, 0.717) is 27.0 Å². The van der Waals surface area contributed by atoms with E-state index in [0.717, 1.165) is 0 Å². The number of nitrogens with zero attached hydrogens (tertiary/aromatic N) is 1. The van der Waals surface area contributed by atoms with Gasteiger partial charge in [-0.1, -0.05) is 0 Å². The van der Waals surface area contributed by atoms with Crippen molar-refractivity contribution in [1.29, 1.82) is 0 Å². The van der Waals surface area contributed by atoms with Crippen LogP contribution in [-0.4, -0.2) is 36.9 Å².